The number of sulfonamides is 2. The van der Waals surface area contributed by atoms with E-state index in [0.29, 0.717) is 14.2 Å². The summed E-state index contributed by atoms with van der Waals surface area (Å²) in [6.45, 7) is 0.540. The number of benzene rings is 3. The number of nitrogens with zero attached hydrogens (tertiary/aromatic N) is 3. The number of methoxy groups -OCH3 is 1. The fourth-order valence-electron chi connectivity index (χ4n) is 4.97. The van der Waals surface area contributed by atoms with Crippen LogP contribution < -0.4 is 4.74 Å². The summed E-state index contributed by atoms with van der Waals surface area (Å²) in [6, 6.07) is 17.5. The summed E-state index contributed by atoms with van der Waals surface area (Å²) in [7, 11) is -11.5. The van der Waals surface area contributed by atoms with Gasteiger partial charge < -0.3 is 9.47 Å². The topological polar surface area (TPSA) is 149 Å². The van der Waals surface area contributed by atoms with E-state index in [0.717, 1.165) is 4.31 Å². The number of carbonyl (C=O) groups excluding carboxylic acids is 1. The Morgan fingerprint density at radius 2 is 1.34 bits per heavy atom. The summed E-state index contributed by atoms with van der Waals surface area (Å²) in [6.07, 6.45) is 0. The first-order chi connectivity index (χ1) is 20.8. The molecule has 0 radical (unpaired) electrons. The Balaban J connectivity index is 1.61. The van der Waals surface area contributed by atoms with E-state index < -0.39 is 46.6 Å². The van der Waals surface area contributed by atoms with Crippen molar-refractivity contribution >= 4 is 62.9 Å². The normalized spacial score (nSPS) is 15.3. The highest BCUT2D eigenvalue weighted by atomic mass is 79.9. The molecule has 4 aromatic rings. The lowest BCUT2D eigenvalue weighted by Crippen LogP contribution is -2.50. The Bertz CT molecular complexity index is 2040. The van der Waals surface area contributed by atoms with Gasteiger partial charge in [0.15, 0.2) is 5.69 Å². The van der Waals surface area contributed by atoms with Crippen molar-refractivity contribution in [3.63, 3.8) is 0 Å². The molecule has 2 heterocycles. The summed E-state index contributed by atoms with van der Waals surface area (Å²) in [5, 5.41) is -0.0183. The van der Waals surface area contributed by atoms with Crippen molar-refractivity contribution in [3.05, 3.63) is 83.0 Å². The van der Waals surface area contributed by atoms with Crippen LogP contribution in [0.25, 0.3) is 10.9 Å². The Morgan fingerprint density at radius 1 is 0.773 bits per heavy atom. The first kappa shape index (κ1) is 32.1. The second kappa shape index (κ2) is 12.3. The predicted octanol–water partition coefficient (Wildman–Crippen LogP) is 3.52. The molecule has 0 bridgehead atoms. The first-order valence-corrected chi connectivity index (χ1v) is 18.4. The number of esters is 1. The smallest absolute Gasteiger partial charge is 0.357 e. The summed E-state index contributed by atoms with van der Waals surface area (Å²) in [5.41, 5.74) is -0.712. The molecule has 1 aliphatic rings. The standard InChI is InChI=1S/C28H28BrN3O9S3/c1-3-41-28(33)26-27(24-19-20(29)9-14-25(24)32(26)43(36,37)22-7-5-4-6-8-22)44(38,39)31-17-15-30(16-18-31)42(34,35)23-12-10-21(40-2)11-13-23/h4-14,19H,3,15-18H2,1-2H3. The van der Waals surface area contributed by atoms with Gasteiger partial charge in [0, 0.05) is 36.0 Å². The molecule has 0 unspecified atom stereocenters. The zero-order valence-electron chi connectivity index (χ0n) is 23.6. The van der Waals surface area contributed by atoms with E-state index in [1.165, 1.54) is 85.1 Å². The van der Waals surface area contributed by atoms with Crippen molar-refractivity contribution in [1.82, 2.24) is 12.6 Å². The Hall–Kier alpha value is -3.28. The zero-order valence-corrected chi connectivity index (χ0v) is 27.6. The van der Waals surface area contributed by atoms with E-state index in [1.807, 2.05) is 0 Å². The van der Waals surface area contributed by atoms with Crippen LogP contribution in [0.4, 0.5) is 0 Å². The minimum Gasteiger partial charge on any atom is -0.497 e. The van der Waals surface area contributed by atoms with Crippen LogP contribution in [0.3, 0.4) is 0 Å². The maximum atomic E-state index is 14.3. The molecule has 1 aromatic heterocycles. The van der Waals surface area contributed by atoms with Crippen molar-refractivity contribution in [1.29, 1.82) is 0 Å². The third kappa shape index (κ3) is 5.65. The molecule has 44 heavy (non-hydrogen) atoms. The van der Waals surface area contributed by atoms with Crippen LogP contribution in [0.15, 0.2) is 92.0 Å². The average molecular weight is 727 g/mol. The predicted molar refractivity (Wildman–Crippen MR) is 165 cm³/mol. The van der Waals surface area contributed by atoms with E-state index in [4.69, 9.17) is 9.47 Å². The van der Waals surface area contributed by atoms with Gasteiger partial charge in [0.2, 0.25) is 20.0 Å². The van der Waals surface area contributed by atoms with Gasteiger partial charge in [-0.1, -0.05) is 34.1 Å². The van der Waals surface area contributed by atoms with Gasteiger partial charge in [-0.15, -0.1) is 0 Å². The molecule has 0 spiro atoms. The number of fused-ring (bicyclic) bond motifs is 1. The molecule has 0 saturated carbocycles. The molecule has 0 aliphatic carbocycles. The zero-order chi connectivity index (χ0) is 31.9. The second-order valence-electron chi connectivity index (χ2n) is 9.63. The molecule has 1 aliphatic heterocycles. The van der Waals surface area contributed by atoms with Crippen molar-refractivity contribution in [2.75, 3.05) is 39.9 Å². The maximum absolute atomic E-state index is 14.3. The highest BCUT2D eigenvalue weighted by Crippen LogP contribution is 2.37. The number of piperazine rings is 1. The molecule has 12 nitrogen and oxygen atoms in total. The number of halogens is 1. The van der Waals surface area contributed by atoms with Crippen molar-refractivity contribution in [2.24, 2.45) is 0 Å². The van der Waals surface area contributed by atoms with Gasteiger partial charge >= 0.3 is 5.97 Å². The fraction of sp³-hybridized carbons (Fsp3) is 0.250. The number of hydrogen-bond acceptors (Lipinski definition) is 9. The van der Waals surface area contributed by atoms with Crippen LogP contribution in [-0.4, -0.2) is 83.7 Å². The fourth-order valence-corrected chi connectivity index (χ4v) is 10.1. The van der Waals surface area contributed by atoms with E-state index in [-0.39, 0.29) is 53.5 Å². The van der Waals surface area contributed by atoms with Gasteiger partial charge in [0.25, 0.3) is 10.0 Å². The first-order valence-electron chi connectivity index (χ1n) is 13.3. The number of carbonyl (C=O) groups is 1. The highest BCUT2D eigenvalue weighted by molar-refractivity contribution is 9.10. The van der Waals surface area contributed by atoms with Crippen molar-refractivity contribution in [2.45, 2.75) is 21.6 Å². The molecule has 0 atom stereocenters. The summed E-state index contributed by atoms with van der Waals surface area (Å²) < 4.78 is 96.8. The molecular formula is C28H28BrN3O9S3. The van der Waals surface area contributed by atoms with Crippen LogP contribution in [-0.2, 0) is 34.8 Å². The van der Waals surface area contributed by atoms with Crippen LogP contribution in [0.1, 0.15) is 17.4 Å². The summed E-state index contributed by atoms with van der Waals surface area (Å²) in [5.74, 6) is -0.657. The molecule has 1 saturated heterocycles. The quantitative estimate of drug-likeness (QED) is 0.236. The Labute approximate surface area is 264 Å². The summed E-state index contributed by atoms with van der Waals surface area (Å²) in [4.78, 5) is 12.8. The van der Waals surface area contributed by atoms with E-state index in [2.05, 4.69) is 15.9 Å². The largest absolute Gasteiger partial charge is 0.497 e. The minimum atomic E-state index is -4.58. The molecule has 5 rings (SSSR count). The lowest BCUT2D eigenvalue weighted by Gasteiger charge is -2.33. The van der Waals surface area contributed by atoms with E-state index >= 15 is 0 Å². The molecule has 1 fully saturated rings. The molecule has 16 heteroatoms. The Kier molecular flexibility index (Phi) is 8.94. The molecule has 0 N–H and O–H groups in total. The lowest BCUT2D eigenvalue weighted by molar-refractivity contribution is 0.0513. The van der Waals surface area contributed by atoms with Gasteiger partial charge in [-0.05, 0) is 61.5 Å². The van der Waals surface area contributed by atoms with Crippen LogP contribution in [0.2, 0.25) is 0 Å². The number of ether oxygens (including phenoxy) is 2. The van der Waals surface area contributed by atoms with Gasteiger partial charge in [-0.25, -0.2) is 34.0 Å². The molecule has 0 amide bonds. The molecular weight excluding hydrogens is 698 g/mol. The van der Waals surface area contributed by atoms with Crippen LogP contribution in [0, 0.1) is 0 Å². The van der Waals surface area contributed by atoms with Gasteiger partial charge in [-0.2, -0.15) is 8.61 Å². The third-order valence-corrected chi connectivity index (χ3v) is 13.2. The monoisotopic (exact) mass is 725 g/mol. The minimum absolute atomic E-state index is 0.0183. The van der Waals surface area contributed by atoms with Crippen LogP contribution in [0.5, 0.6) is 5.75 Å². The van der Waals surface area contributed by atoms with Gasteiger partial charge in [0.05, 0.1) is 29.0 Å². The van der Waals surface area contributed by atoms with Crippen molar-refractivity contribution in [3.8, 4) is 5.75 Å². The highest BCUT2D eigenvalue weighted by Gasteiger charge is 2.41. The molecule has 234 valence electrons. The second-order valence-corrected chi connectivity index (χ2v) is 16.1. The average Bonchev–Trinajstić information content (AvgIpc) is 3.38. The van der Waals surface area contributed by atoms with E-state index in [9.17, 15) is 30.0 Å². The third-order valence-electron chi connectivity index (χ3n) is 7.08. The SMILES string of the molecule is CCOC(=O)c1c(S(=O)(=O)N2CCN(S(=O)(=O)c3ccc(OC)cc3)CC2)c2cc(Br)ccc2n1S(=O)(=O)c1ccccc1. The lowest BCUT2D eigenvalue weighted by atomic mass is 10.2. The number of rotatable bonds is 9. The van der Waals surface area contributed by atoms with Crippen LogP contribution >= 0.6 is 15.9 Å². The van der Waals surface area contributed by atoms with Gasteiger partial charge in [0.1, 0.15) is 10.6 Å². The summed E-state index contributed by atoms with van der Waals surface area (Å²) >= 11 is 3.32. The van der Waals surface area contributed by atoms with Gasteiger partial charge in [-0.3, -0.25) is 0 Å². The number of aromatic nitrogens is 1. The Morgan fingerprint density at radius 3 is 1.91 bits per heavy atom. The van der Waals surface area contributed by atoms with Crippen molar-refractivity contribution < 1.29 is 39.5 Å². The molecule has 3 aromatic carbocycles. The number of hydrogen-bond donors (Lipinski definition) is 0. The maximum Gasteiger partial charge on any atom is 0.357 e. The van der Waals surface area contributed by atoms with E-state index in [1.54, 1.807) is 6.07 Å².